The zero-order valence-corrected chi connectivity index (χ0v) is 12.6. The molecule has 3 rings (SSSR count). The Morgan fingerprint density at radius 1 is 1.38 bits per heavy atom. The molecule has 0 spiro atoms. The van der Waals surface area contributed by atoms with E-state index in [1.54, 1.807) is 6.07 Å². The number of likely N-dealkylation sites (tertiary alicyclic amines) is 1. The van der Waals surface area contributed by atoms with Gasteiger partial charge in [-0.3, -0.25) is 0 Å². The van der Waals surface area contributed by atoms with Crippen LogP contribution in [0.3, 0.4) is 0 Å². The van der Waals surface area contributed by atoms with Crippen LogP contribution in [0.2, 0.25) is 0 Å². The van der Waals surface area contributed by atoms with Crippen molar-refractivity contribution in [2.75, 3.05) is 6.54 Å². The van der Waals surface area contributed by atoms with E-state index in [1.807, 2.05) is 13.0 Å². The minimum absolute atomic E-state index is 0.224. The van der Waals surface area contributed by atoms with Crippen molar-refractivity contribution >= 4 is 11.0 Å². The van der Waals surface area contributed by atoms with Crippen LogP contribution < -0.4 is 10.5 Å². The molecule has 2 atom stereocenters. The van der Waals surface area contributed by atoms with Crippen molar-refractivity contribution in [3.05, 3.63) is 39.7 Å². The molecule has 1 aliphatic heterocycles. The van der Waals surface area contributed by atoms with Crippen LogP contribution in [0.25, 0.3) is 11.0 Å². The molecule has 1 aromatic carbocycles. The van der Waals surface area contributed by atoms with Gasteiger partial charge in [0.1, 0.15) is 12.3 Å². The Morgan fingerprint density at radius 3 is 2.95 bits per heavy atom. The van der Waals surface area contributed by atoms with E-state index in [4.69, 9.17) is 4.42 Å². The molecule has 4 nitrogen and oxygen atoms in total. The summed E-state index contributed by atoms with van der Waals surface area (Å²) in [6.07, 6.45) is 3.71. The lowest BCUT2D eigenvalue weighted by Crippen LogP contribution is -3.14. The average molecular weight is 288 g/mol. The SMILES string of the molecule is Cc1cc(=O)oc2c(C[NH+]3CCCC[C@@H]3C)c(O)ccc12. The third-order valence-corrected chi connectivity index (χ3v) is 4.68. The van der Waals surface area contributed by atoms with E-state index >= 15 is 0 Å². The summed E-state index contributed by atoms with van der Waals surface area (Å²) in [5.74, 6) is 0.224. The lowest BCUT2D eigenvalue weighted by Gasteiger charge is -2.30. The van der Waals surface area contributed by atoms with E-state index in [9.17, 15) is 9.90 Å². The van der Waals surface area contributed by atoms with Crippen LogP contribution in [0.1, 0.15) is 37.3 Å². The number of nitrogens with one attached hydrogen (secondary N) is 1. The molecule has 2 N–H and O–H groups in total. The van der Waals surface area contributed by atoms with Gasteiger partial charge in [-0.1, -0.05) is 0 Å². The number of phenols is 1. The van der Waals surface area contributed by atoms with Gasteiger partial charge in [-0.05, 0) is 50.8 Å². The Balaban J connectivity index is 2.08. The average Bonchev–Trinajstić information content (AvgIpc) is 2.44. The molecule has 1 fully saturated rings. The smallest absolute Gasteiger partial charge is 0.336 e. The molecule has 2 aromatic rings. The number of aromatic hydroxyl groups is 1. The summed E-state index contributed by atoms with van der Waals surface area (Å²) in [6.45, 7) is 5.96. The van der Waals surface area contributed by atoms with Crippen molar-refractivity contribution in [3.63, 3.8) is 0 Å². The summed E-state index contributed by atoms with van der Waals surface area (Å²) in [4.78, 5) is 13.1. The van der Waals surface area contributed by atoms with Crippen molar-refractivity contribution in [1.82, 2.24) is 0 Å². The first kappa shape index (κ1) is 14.1. The summed E-state index contributed by atoms with van der Waals surface area (Å²) in [6, 6.07) is 5.60. The lowest BCUT2D eigenvalue weighted by atomic mass is 10.0. The van der Waals surface area contributed by atoms with E-state index in [2.05, 4.69) is 6.92 Å². The standard InChI is InChI=1S/C17H21NO3/c1-11-9-16(20)21-17-13(11)6-7-15(19)14(17)10-18-8-4-3-5-12(18)2/h6-7,9,12,19H,3-5,8,10H2,1-2H3/p+1/t12-/m0/s1. The van der Waals surface area contributed by atoms with Gasteiger partial charge >= 0.3 is 5.63 Å². The van der Waals surface area contributed by atoms with Crippen LogP contribution in [-0.4, -0.2) is 17.7 Å². The molecule has 1 saturated heterocycles. The van der Waals surface area contributed by atoms with Gasteiger partial charge in [-0.2, -0.15) is 0 Å². The number of benzene rings is 1. The Hall–Kier alpha value is -1.81. The van der Waals surface area contributed by atoms with E-state index in [0.29, 0.717) is 18.2 Å². The molecule has 0 saturated carbocycles. The molecular formula is C17H22NO3+. The van der Waals surface area contributed by atoms with Gasteiger partial charge in [0, 0.05) is 11.5 Å². The number of quaternary nitrogens is 1. The zero-order valence-electron chi connectivity index (χ0n) is 12.6. The molecule has 1 aliphatic rings. The van der Waals surface area contributed by atoms with Gasteiger partial charge < -0.3 is 14.4 Å². The molecule has 21 heavy (non-hydrogen) atoms. The molecule has 112 valence electrons. The number of phenolic OH excluding ortho intramolecular Hbond substituents is 1. The minimum atomic E-state index is -0.353. The maximum Gasteiger partial charge on any atom is 0.336 e. The maximum absolute atomic E-state index is 11.7. The van der Waals surface area contributed by atoms with Gasteiger partial charge in [0.15, 0.2) is 5.58 Å². The summed E-state index contributed by atoms with van der Waals surface area (Å²) >= 11 is 0. The first-order chi connectivity index (χ1) is 10.1. The van der Waals surface area contributed by atoms with Gasteiger partial charge in [0.05, 0.1) is 18.2 Å². The van der Waals surface area contributed by atoms with Crippen molar-refractivity contribution in [2.45, 2.75) is 45.7 Å². The topological polar surface area (TPSA) is 54.9 Å². The highest BCUT2D eigenvalue weighted by atomic mass is 16.4. The Morgan fingerprint density at radius 2 is 2.19 bits per heavy atom. The fraction of sp³-hybridized carbons (Fsp3) is 0.471. The second kappa shape index (κ2) is 5.53. The molecule has 1 unspecified atom stereocenters. The fourth-order valence-electron chi connectivity index (χ4n) is 3.34. The first-order valence-electron chi connectivity index (χ1n) is 7.66. The third-order valence-electron chi connectivity index (χ3n) is 4.68. The van der Waals surface area contributed by atoms with Crippen molar-refractivity contribution in [2.24, 2.45) is 0 Å². The van der Waals surface area contributed by atoms with E-state index in [-0.39, 0.29) is 11.4 Å². The third kappa shape index (κ3) is 2.68. The summed E-state index contributed by atoms with van der Waals surface area (Å²) in [5, 5.41) is 11.1. The number of rotatable bonds is 2. The van der Waals surface area contributed by atoms with Gasteiger partial charge in [0.25, 0.3) is 0 Å². The molecule has 0 radical (unpaired) electrons. The fourth-order valence-corrected chi connectivity index (χ4v) is 3.34. The molecular weight excluding hydrogens is 266 g/mol. The predicted molar refractivity (Wildman–Crippen MR) is 81.7 cm³/mol. The highest BCUT2D eigenvalue weighted by molar-refractivity contribution is 5.84. The number of aryl methyl sites for hydroxylation is 1. The number of fused-ring (bicyclic) bond motifs is 1. The normalized spacial score (nSPS) is 22.6. The largest absolute Gasteiger partial charge is 0.507 e. The molecule has 0 aliphatic carbocycles. The molecule has 0 bridgehead atoms. The highest BCUT2D eigenvalue weighted by Crippen LogP contribution is 2.27. The second-order valence-corrected chi connectivity index (χ2v) is 6.17. The van der Waals surface area contributed by atoms with Gasteiger partial charge in [0.2, 0.25) is 0 Å². The maximum atomic E-state index is 11.7. The Kier molecular flexibility index (Phi) is 3.72. The van der Waals surface area contributed by atoms with E-state index < -0.39 is 0 Å². The van der Waals surface area contributed by atoms with Crippen LogP contribution >= 0.6 is 0 Å². The highest BCUT2D eigenvalue weighted by Gasteiger charge is 2.25. The summed E-state index contributed by atoms with van der Waals surface area (Å²) < 4.78 is 5.40. The lowest BCUT2D eigenvalue weighted by molar-refractivity contribution is -0.941. The number of piperidine rings is 1. The molecule has 1 aromatic heterocycles. The van der Waals surface area contributed by atoms with Crippen LogP contribution in [0.15, 0.2) is 27.4 Å². The molecule has 2 heterocycles. The number of hydrogen-bond acceptors (Lipinski definition) is 3. The minimum Gasteiger partial charge on any atom is -0.507 e. The second-order valence-electron chi connectivity index (χ2n) is 6.17. The van der Waals surface area contributed by atoms with Crippen molar-refractivity contribution in [1.29, 1.82) is 0 Å². The van der Waals surface area contributed by atoms with Gasteiger partial charge in [-0.25, -0.2) is 4.79 Å². The van der Waals surface area contributed by atoms with Crippen LogP contribution in [0.4, 0.5) is 0 Å². The van der Waals surface area contributed by atoms with Crippen LogP contribution in [-0.2, 0) is 6.54 Å². The van der Waals surface area contributed by atoms with Crippen LogP contribution in [0, 0.1) is 6.92 Å². The Bertz CT molecular complexity index is 720. The van der Waals surface area contributed by atoms with Crippen molar-refractivity contribution in [3.8, 4) is 5.75 Å². The summed E-state index contributed by atoms with van der Waals surface area (Å²) in [7, 11) is 0. The van der Waals surface area contributed by atoms with E-state index in [1.165, 1.54) is 30.2 Å². The summed E-state index contributed by atoms with van der Waals surface area (Å²) in [5.41, 5.74) is 1.85. The Labute approximate surface area is 124 Å². The van der Waals surface area contributed by atoms with Crippen molar-refractivity contribution < 1.29 is 14.4 Å². The number of hydrogen-bond donors (Lipinski definition) is 2. The van der Waals surface area contributed by atoms with Gasteiger partial charge in [-0.15, -0.1) is 0 Å². The van der Waals surface area contributed by atoms with E-state index in [0.717, 1.165) is 23.1 Å². The zero-order chi connectivity index (χ0) is 15.0. The molecule has 4 heteroatoms. The van der Waals surface area contributed by atoms with Crippen LogP contribution in [0.5, 0.6) is 5.75 Å². The predicted octanol–water partition coefficient (Wildman–Crippen LogP) is 1.76. The molecule has 0 amide bonds. The monoisotopic (exact) mass is 288 g/mol. The first-order valence-corrected chi connectivity index (χ1v) is 7.66. The quantitative estimate of drug-likeness (QED) is 0.828.